The van der Waals surface area contributed by atoms with Gasteiger partial charge in [0.25, 0.3) is 0 Å². The highest BCUT2D eigenvalue weighted by Crippen LogP contribution is 2.33. The molecule has 1 fully saturated rings. The maximum Gasteiger partial charge on any atom is 0.240 e. The Morgan fingerprint density at radius 3 is 2.36 bits per heavy atom. The molecule has 0 bridgehead atoms. The number of para-hydroxylation sites is 1. The van der Waals surface area contributed by atoms with E-state index in [4.69, 9.17) is 22.1 Å². The van der Waals surface area contributed by atoms with Crippen LogP contribution < -0.4 is 15.2 Å². The van der Waals surface area contributed by atoms with Crippen LogP contribution in [0.5, 0.6) is 11.5 Å². The van der Waals surface area contributed by atoms with E-state index >= 15 is 0 Å². The molecule has 0 radical (unpaired) electrons. The van der Waals surface area contributed by atoms with Crippen molar-refractivity contribution in [2.24, 2.45) is 11.7 Å². The lowest BCUT2D eigenvalue weighted by atomic mass is 10.2. The number of rotatable bonds is 7. The van der Waals surface area contributed by atoms with Gasteiger partial charge in [0.15, 0.2) is 0 Å². The molecule has 0 amide bonds. The van der Waals surface area contributed by atoms with Gasteiger partial charge in [0.2, 0.25) is 10.0 Å². The van der Waals surface area contributed by atoms with Gasteiger partial charge in [-0.1, -0.05) is 23.7 Å². The van der Waals surface area contributed by atoms with Crippen molar-refractivity contribution in [2.45, 2.75) is 23.8 Å². The fraction of sp³-hybridized carbons (Fsp3) is 0.294. The van der Waals surface area contributed by atoms with E-state index in [2.05, 4.69) is 4.72 Å². The lowest BCUT2D eigenvalue weighted by Crippen LogP contribution is -2.41. The Hall–Kier alpha value is -1.31. The quantitative estimate of drug-likeness (QED) is 0.741. The molecule has 25 heavy (non-hydrogen) atoms. The van der Waals surface area contributed by atoms with Gasteiger partial charge in [-0.15, -0.1) is 12.4 Å². The van der Waals surface area contributed by atoms with Crippen LogP contribution in [0.3, 0.4) is 0 Å². The zero-order chi connectivity index (χ0) is 17.2. The first-order valence-corrected chi connectivity index (χ1v) is 9.60. The lowest BCUT2D eigenvalue weighted by Gasteiger charge is -2.16. The summed E-state index contributed by atoms with van der Waals surface area (Å²) in [5.74, 6) is 1.39. The van der Waals surface area contributed by atoms with E-state index in [0.717, 1.165) is 12.8 Å². The summed E-state index contributed by atoms with van der Waals surface area (Å²) in [6.45, 7) is 0.303. The second kappa shape index (κ2) is 8.38. The number of sulfonamides is 1. The van der Waals surface area contributed by atoms with Gasteiger partial charge in [0.05, 0.1) is 9.92 Å². The van der Waals surface area contributed by atoms with Gasteiger partial charge in [0, 0.05) is 12.6 Å². The molecule has 0 aromatic heterocycles. The van der Waals surface area contributed by atoms with Gasteiger partial charge in [-0.2, -0.15) is 0 Å². The Labute approximate surface area is 159 Å². The predicted octanol–water partition coefficient (Wildman–Crippen LogP) is 3.57. The first-order valence-electron chi connectivity index (χ1n) is 7.74. The highest BCUT2D eigenvalue weighted by Gasteiger charge is 2.33. The summed E-state index contributed by atoms with van der Waals surface area (Å²) in [6, 6.07) is 13.1. The van der Waals surface area contributed by atoms with Crippen molar-refractivity contribution in [1.29, 1.82) is 0 Å². The second-order valence-electron chi connectivity index (χ2n) is 5.80. The van der Waals surface area contributed by atoms with Crippen molar-refractivity contribution in [3.8, 4) is 11.5 Å². The van der Waals surface area contributed by atoms with Crippen LogP contribution in [-0.2, 0) is 10.0 Å². The van der Waals surface area contributed by atoms with E-state index < -0.39 is 10.0 Å². The Bertz CT molecular complexity index is 809. The van der Waals surface area contributed by atoms with Crippen molar-refractivity contribution >= 4 is 34.0 Å². The molecule has 0 heterocycles. The van der Waals surface area contributed by atoms with Crippen molar-refractivity contribution in [3.05, 3.63) is 53.6 Å². The summed E-state index contributed by atoms with van der Waals surface area (Å²) in [5.41, 5.74) is 5.66. The average molecular weight is 403 g/mol. The van der Waals surface area contributed by atoms with Crippen LogP contribution in [0.15, 0.2) is 53.4 Å². The van der Waals surface area contributed by atoms with Crippen molar-refractivity contribution in [2.75, 3.05) is 6.54 Å². The minimum Gasteiger partial charge on any atom is -0.456 e. The third-order valence-electron chi connectivity index (χ3n) is 3.95. The van der Waals surface area contributed by atoms with Gasteiger partial charge in [-0.25, -0.2) is 13.1 Å². The van der Waals surface area contributed by atoms with Gasteiger partial charge < -0.3 is 10.5 Å². The zero-order valence-electron chi connectivity index (χ0n) is 13.4. The minimum absolute atomic E-state index is 0. The molecule has 136 valence electrons. The molecule has 2 aromatic rings. The highest BCUT2D eigenvalue weighted by molar-refractivity contribution is 7.89. The van der Waals surface area contributed by atoms with Crippen LogP contribution in [0.4, 0.5) is 0 Å². The van der Waals surface area contributed by atoms with Crippen molar-refractivity contribution in [3.63, 3.8) is 0 Å². The smallest absolute Gasteiger partial charge is 0.240 e. The van der Waals surface area contributed by atoms with Gasteiger partial charge >= 0.3 is 0 Å². The van der Waals surface area contributed by atoms with E-state index in [-0.39, 0.29) is 23.3 Å². The molecule has 3 N–H and O–H groups in total. The number of nitrogens with one attached hydrogen (secondary N) is 1. The molecule has 0 aliphatic heterocycles. The number of nitrogens with two attached hydrogens (primary N) is 1. The number of halogens is 2. The van der Waals surface area contributed by atoms with Gasteiger partial charge in [-0.3, -0.25) is 0 Å². The third kappa shape index (κ3) is 5.09. The van der Waals surface area contributed by atoms with Crippen LogP contribution >= 0.6 is 24.0 Å². The van der Waals surface area contributed by atoms with E-state index in [1.807, 2.05) is 12.1 Å². The molecule has 1 unspecified atom stereocenters. The molecule has 0 saturated heterocycles. The Morgan fingerprint density at radius 2 is 1.80 bits per heavy atom. The highest BCUT2D eigenvalue weighted by atomic mass is 35.5. The van der Waals surface area contributed by atoms with Crippen LogP contribution in [0.25, 0.3) is 0 Å². The Morgan fingerprint density at radius 1 is 1.16 bits per heavy atom. The van der Waals surface area contributed by atoms with E-state index in [1.165, 1.54) is 12.1 Å². The first kappa shape index (κ1) is 20.0. The summed E-state index contributed by atoms with van der Waals surface area (Å²) >= 11 is 6.04. The molecule has 1 saturated carbocycles. The Balaban J connectivity index is 0.00000225. The molecular weight excluding hydrogens is 383 g/mol. The average Bonchev–Trinajstić information content (AvgIpc) is 3.40. The molecule has 8 heteroatoms. The number of ether oxygens (including phenoxy) is 1. The van der Waals surface area contributed by atoms with E-state index in [9.17, 15) is 8.42 Å². The van der Waals surface area contributed by atoms with Crippen LogP contribution in [0, 0.1) is 5.92 Å². The number of benzene rings is 2. The molecule has 1 atom stereocenters. The maximum atomic E-state index is 12.4. The topological polar surface area (TPSA) is 81.4 Å². The second-order valence-corrected chi connectivity index (χ2v) is 7.93. The first-order chi connectivity index (χ1) is 11.5. The largest absolute Gasteiger partial charge is 0.456 e. The van der Waals surface area contributed by atoms with Crippen molar-refractivity contribution < 1.29 is 13.2 Å². The fourth-order valence-electron chi connectivity index (χ4n) is 2.44. The summed E-state index contributed by atoms with van der Waals surface area (Å²) in [7, 11) is -3.59. The molecule has 3 rings (SSSR count). The van der Waals surface area contributed by atoms with Gasteiger partial charge in [0.1, 0.15) is 11.5 Å². The van der Waals surface area contributed by atoms with E-state index in [1.54, 1.807) is 24.3 Å². The maximum absolute atomic E-state index is 12.4. The molecule has 5 nitrogen and oxygen atoms in total. The van der Waals surface area contributed by atoms with Crippen LogP contribution in [-0.4, -0.2) is 21.0 Å². The summed E-state index contributed by atoms with van der Waals surface area (Å²) < 4.78 is 33.2. The molecular formula is C17H20Cl2N2O3S. The van der Waals surface area contributed by atoms with Crippen molar-refractivity contribution in [1.82, 2.24) is 4.72 Å². The minimum atomic E-state index is -3.59. The molecule has 1 aliphatic carbocycles. The number of hydrogen-bond donors (Lipinski definition) is 2. The summed E-state index contributed by atoms with van der Waals surface area (Å²) in [4.78, 5) is 0.188. The molecule has 0 spiro atoms. The lowest BCUT2D eigenvalue weighted by molar-refractivity contribution is 0.482. The Kier molecular flexibility index (Phi) is 6.71. The normalized spacial score (nSPS) is 15.3. The third-order valence-corrected chi connectivity index (χ3v) is 5.77. The number of hydrogen-bond acceptors (Lipinski definition) is 4. The van der Waals surface area contributed by atoms with E-state index in [0.29, 0.717) is 29.0 Å². The summed E-state index contributed by atoms with van der Waals surface area (Å²) in [6.07, 6.45) is 2.05. The SMILES string of the molecule is Cl.NCC(NS(=O)(=O)c1ccc(Oc2ccccc2Cl)cc1)C1CC1. The predicted molar refractivity (Wildman–Crippen MR) is 101 cm³/mol. The molecule has 1 aliphatic rings. The zero-order valence-corrected chi connectivity index (χ0v) is 15.8. The van der Waals surface area contributed by atoms with Crippen LogP contribution in [0.1, 0.15) is 12.8 Å². The molecule has 2 aromatic carbocycles. The van der Waals surface area contributed by atoms with Crippen LogP contribution in [0.2, 0.25) is 5.02 Å². The van der Waals surface area contributed by atoms with Gasteiger partial charge in [-0.05, 0) is 55.2 Å². The fourth-order valence-corrected chi connectivity index (χ4v) is 3.94. The summed E-state index contributed by atoms with van der Waals surface area (Å²) in [5, 5.41) is 0.492. The monoisotopic (exact) mass is 402 g/mol. The standard InChI is InChI=1S/C17H19ClN2O3S.ClH/c18-15-3-1-2-4-17(15)23-13-7-9-14(10-8-13)24(21,22)20-16(11-19)12-5-6-12;/h1-4,7-10,12,16,20H,5-6,11,19H2;1H.